The molecular formula is C27H27N3O2. The van der Waals surface area contributed by atoms with Crippen molar-refractivity contribution in [3.05, 3.63) is 95.3 Å². The van der Waals surface area contributed by atoms with E-state index < -0.39 is 0 Å². The third-order valence-electron chi connectivity index (χ3n) is 5.44. The Labute approximate surface area is 188 Å². The number of aryl methyl sites for hydroxylation is 1. The number of hydrazone groups is 1. The molecule has 1 aromatic heterocycles. The van der Waals surface area contributed by atoms with Crippen molar-refractivity contribution in [1.29, 1.82) is 0 Å². The molecule has 0 atom stereocenters. The second kappa shape index (κ2) is 9.52. The van der Waals surface area contributed by atoms with Gasteiger partial charge in [-0.2, -0.15) is 5.10 Å². The van der Waals surface area contributed by atoms with Gasteiger partial charge in [0, 0.05) is 27.9 Å². The number of benzene rings is 3. The highest BCUT2D eigenvalue weighted by molar-refractivity contribution is 5.95. The van der Waals surface area contributed by atoms with Crippen molar-refractivity contribution in [1.82, 2.24) is 9.99 Å². The first-order valence-electron chi connectivity index (χ1n) is 10.8. The maximum Gasteiger partial charge on any atom is 0.271 e. The Balaban J connectivity index is 1.51. The van der Waals surface area contributed by atoms with Gasteiger partial charge in [0.25, 0.3) is 5.91 Å². The molecule has 0 unspecified atom stereocenters. The molecule has 0 aliphatic carbocycles. The maximum absolute atomic E-state index is 12.4. The smallest absolute Gasteiger partial charge is 0.271 e. The molecule has 0 bridgehead atoms. The molecule has 162 valence electrons. The number of nitrogens with one attached hydrogen (secondary N) is 1. The van der Waals surface area contributed by atoms with Crippen LogP contribution in [-0.2, 0) is 0 Å². The first kappa shape index (κ1) is 21.4. The molecule has 5 heteroatoms. The van der Waals surface area contributed by atoms with E-state index >= 15 is 0 Å². The molecule has 1 amide bonds. The van der Waals surface area contributed by atoms with E-state index in [4.69, 9.17) is 4.74 Å². The Hall–Kier alpha value is -3.86. The van der Waals surface area contributed by atoms with E-state index in [2.05, 4.69) is 78.3 Å². The quantitative estimate of drug-likeness (QED) is 0.300. The highest BCUT2D eigenvalue weighted by atomic mass is 16.5. The standard InChI is InChI=1S/C27H27N3O2/c1-4-16-32-24-14-12-22(13-15-24)27(31)29-28-18-23-17-19(2)30(20(23)3)26-11-7-9-21-8-5-6-10-25(21)26/h5-15,17-18H,4,16H2,1-3H3,(H,29,31)/b28-18+. The molecule has 0 aliphatic heterocycles. The van der Waals surface area contributed by atoms with E-state index in [0.29, 0.717) is 12.2 Å². The van der Waals surface area contributed by atoms with Crippen LogP contribution in [0.5, 0.6) is 5.75 Å². The van der Waals surface area contributed by atoms with Crippen molar-refractivity contribution in [2.24, 2.45) is 5.10 Å². The summed E-state index contributed by atoms with van der Waals surface area (Å²) in [7, 11) is 0. The average molecular weight is 426 g/mol. The van der Waals surface area contributed by atoms with Crippen LogP contribution in [0.25, 0.3) is 16.5 Å². The van der Waals surface area contributed by atoms with Gasteiger partial charge in [-0.15, -0.1) is 0 Å². The zero-order valence-electron chi connectivity index (χ0n) is 18.6. The summed E-state index contributed by atoms with van der Waals surface area (Å²) in [6, 6.07) is 23.8. The first-order valence-corrected chi connectivity index (χ1v) is 10.8. The highest BCUT2D eigenvalue weighted by Crippen LogP contribution is 2.26. The first-order chi connectivity index (χ1) is 15.6. The fraction of sp³-hybridized carbons (Fsp3) is 0.185. The lowest BCUT2D eigenvalue weighted by Crippen LogP contribution is -2.17. The van der Waals surface area contributed by atoms with Gasteiger partial charge < -0.3 is 9.30 Å². The predicted molar refractivity (Wildman–Crippen MR) is 130 cm³/mol. The van der Waals surface area contributed by atoms with Crippen LogP contribution >= 0.6 is 0 Å². The molecule has 0 spiro atoms. The zero-order chi connectivity index (χ0) is 22.5. The molecule has 0 saturated carbocycles. The summed E-state index contributed by atoms with van der Waals surface area (Å²) in [6.45, 7) is 6.85. The van der Waals surface area contributed by atoms with Crippen LogP contribution in [0, 0.1) is 13.8 Å². The van der Waals surface area contributed by atoms with Crippen molar-refractivity contribution in [2.75, 3.05) is 6.61 Å². The monoisotopic (exact) mass is 425 g/mol. The van der Waals surface area contributed by atoms with E-state index in [9.17, 15) is 4.79 Å². The molecule has 4 aromatic rings. The van der Waals surface area contributed by atoms with Crippen molar-refractivity contribution < 1.29 is 9.53 Å². The average Bonchev–Trinajstić information content (AvgIpc) is 3.10. The third kappa shape index (κ3) is 4.42. The number of ether oxygens (including phenoxy) is 1. The molecule has 1 heterocycles. The number of fused-ring (bicyclic) bond motifs is 1. The summed E-state index contributed by atoms with van der Waals surface area (Å²) >= 11 is 0. The van der Waals surface area contributed by atoms with Gasteiger partial charge >= 0.3 is 0 Å². The summed E-state index contributed by atoms with van der Waals surface area (Å²) in [6.07, 6.45) is 2.64. The van der Waals surface area contributed by atoms with Crippen molar-refractivity contribution >= 4 is 22.9 Å². The lowest BCUT2D eigenvalue weighted by molar-refractivity contribution is 0.0955. The van der Waals surface area contributed by atoms with Crippen LogP contribution in [-0.4, -0.2) is 23.3 Å². The molecule has 0 fully saturated rings. The number of hydrogen-bond donors (Lipinski definition) is 1. The SMILES string of the molecule is CCCOc1ccc(C(=O)N/N=C/c2cc(C)n(-c3cccc4ccccc34)c2C)cc1. The van der Waals surface area contributed by atoms with Crippen LogP contribution in [0.2, 0.25) is 0 Å². The topological polar surface area (TPSA) is 55.6 Å². The number of aromatic nitrogens is 1. The second-order valence-electron chi connectivity index (χ2n) is 7.73. The molecule has 5 nitrogen and oxygen atoms in total. The van der Waals surface area contributed by atoms with E-state index in [1.165, 1.54) is 10.8 Å². The van der Waals surface area contributed by atoms with E-state index in [-0.39, 0.29) is 5.91 Å². The van der Waals surface area contributed by atoms with Crippen molar-refractivity contribution in [2.45, 2.75) is 27.2 Å². The fourth-order valence-corrected chi connectivity index (χ4v) is 3.84. The number of carbonyl (C=O) groups is 1. The Bertz CT molecular complexity index is 1260. The minimum atomic E-state index is -0.258. The lowest BCUT2D eigenvalue weighted by Gasteiger charge is -2.13. The summed E-state index contributed by atoms with van der Waals surface area (Å²) in [5.41, 5.74) is 7.41. The van der Waals surface area contributed by atoms with E-state index in [0.717, 1.165) is 34.8 Å². The number of carbonyl (C=O) groups excluding carboxylic acids is 1. The molecule has 1 N–H and O–H groups in total. The maximum atomic E-state index is 12.4. The van der Waals surface area contributed by atoms with Crippen LogP contribution in [0.1, 0.15) is 40.7 Å². The molecule has 0 radical (unpaired) electrons. The van der Waals surface area contributed by atoms with Gasteiger partial charge in [0.05, 0.1) is 18.5 Å². The Morgan fingerprint density at radius 1 is 1.03 bits per heavy atom. The lowest BCUT2D eigenvalue weighted by atomic mass is 10.1. The van der Waals surface area contributed by atoms with Crippen molar-refractivity contribution in [3.63, 3.8) is 0 Å². The van der Waals surface area contributed by atoms with E-state index in [1.54, 1.807) is 30.5 Å². The van der Waals surface area contributed by atoms with Crippen LogP contribution in [0.3, 0.4) is 0 Å². The zero-order valence-corrected chi connectivity index (χ0v) is 18.6. The minimum Gasteiger partial charge on any atom is -0.494 e. The molecule has 4 rings (SSSR count). The number of amides is 1. The summed E-state index contributed by atoms with van der Waals surface area (Å²) < 4.78 is 7.78. The van der Waals surface area contributed by atoms with Gasteiger partial charge in [0.1, 0.15) is 5.75 Å². The predicted octanol–water partition coefficient (Wildman–Crippen LogP) is 5.80. The third-order valence-corrected chi connectivity index (χ3v) is 5.44. The van der Waals surface area contributed by atoms with E-state index in [1.807, 2.05) is 6.07 Å². The normalized spacial score (nSPS) is 11.2. The highest BCUT2D eigenvalue weighted by Gasteiger charge is 2.12. The molecule has 0 aliphatic rings. The Morgan fingerprint density at radius 3 is 2.56 bits per heavy atom. The molecule has 3 aromatic carbocycles. The number of hydrogen-bond acceptors (Lipinski definition) is 3. The van der Waals surface area contributed by atoms with Gasteiger partial charge in [-0.1, -0.05) is 43.3 Å². The summed E-state index contributed by atoms with van der Waals surface area (Å²) in [5.74, 6) is 0.499. The molecule has 32 heavy (non-hydrogen) atoms. The van der Waals surface area contributed by atoms with Gasteiger partial charge in [0.2, 0.25) is 0 Å². The molecule has 0 saturated heterocycles. The fourth-order valence-electron chi connectivity index (χ4n) is 3.84. The summed E-state index contributed by atoms with van der Waals surface area (Å²) in [4.78, 5) is 12.4. The van der Waals surface area contributed by atoms with Crippen LogP contribution in [0.4, 0.5) is 0 Å². The van der Waals surface area contributed by atoms with Crippen LogP contribution < -0.4 is 10.2 Å². The van der Waals surface area contributed by atoms with Gasteiger partial charge in [-0.25, -0.2) is 5.43 Å². The Kier molecular flexibility index (Phi) is 6.36. The van der Waals surface area contributed by atoms with Crippen LogP contribution in [0.15, 0.2) is 77.9 Å². The van der Waals surface area contributed by atoms with Gasteiger partial charge in [-0.3, -0.25) is 4.79 Å². The Morgan fingerprint density at radius 2 is 1.78 bits per heavy atom. The number of nitrogens with zero attached hydrogens (tertiary/aromatic N) is 2. The van der Waals surface area contributed by atoms with Gasteiger partial charge in [0.15, 0.2) is 0 Å². The second-order valence-corrected chi connectivity index (χ2v) is 7.73. The van der Waals surface area contributed by atoms with Gasteiger partial charge in [-0.05, 0) is 62.1 Å². The summed E-state index contributed by atoms with van der Waals surface area (Å²) in [5, 5.41) is 6.59. The molecular weight excluding hydrogens is 398 g/mol. The largest absolute Gasteiger partial charge is 0.494 e. The van der Waals surface area contributed by atoms with Crippen molar-refractivity contribution in [3.8, 4) is 11.4 Å². The minimum absolute atomic E-state index is 0.258. The number of rotatable bonds is 7.